The van der Waals surface area contributed by atoms with E-state index in [9.17, 15) is 4.79 Å². The third-order valence-electron chi connectivity index (χ3n) is 6.68. The molecule has 1 unspecified atom stereocenters. The van der Waals surface area contributed by atoms with Crippen molar-refractivity contribution in [3.8, 4) is 28.7 Å². The lowest BCUT2D eigenvalue weighted by molar-refractivity contribution is -0.136. The molecule has 0 saturated heterocycles. The van der Waals surface area contributed by atoms with Gasteiger partial charge in [0.2, 0.25) is 12.5 Å². The zero-order chi connectivity index (χ0) is 24.8. The van der Waals surface area contributed by atoms with Crippen LogP contribution in [-0.2, 0) is 16.1 Å². The van der Waals surface area contributed by atoms with Crippen molar-refractivity contribution >= 4 is 11.7 Å². The number of aromatic nitrogens is 1. The molecule has 184 valence electrons. The third kappa shape index (κ3) is 3.38. The molecule has 0 aliphatic carbocycles. The van der Waals surface area contributed by atoms with Gasteiger partial charge in [0, 0.05) is 23.9 Å². The van der Waals surface area contributed by atoms with Crippen LogP contribution in [0.4, 0.5) is 5.69 Å². The Balaban J connectivity index is 1.59. The van der Waals surface area contributed by atoms with Crippen LogP contribution >= 0.6 is 0 Å². The van der Waals surface area contributed by atoms with Crippen LogP contribution in [-0.4, -0.2) is 45.7 Å². The van der Waals surface area contributed by atoms with Gasteiger partial charge in [0.25, 0.3) is 0 Å². The second-order valence-corrected chi connectivity index (χ2v) is 8.50. The number of hydrogen-bond acceptors (Lipinski definition) is 9. The smallest absolute Gasteiger partial charge is 0.337 e. The van der Waals surface area contributed by atoms with E-state index in [2.05, 4.69) is 9.88 Å². The van der Waals surface area contributed by atoms with E-state index in [-0.39, 0.29) is 19.4 Å². The molecule has 3 aliphatic rings. The average molecular weight is 488 g/mol. The SMILES string of the molecule is COc1cc(C2C3=C(COC3=O)N(Cc3ccccn3)c3cc4c(cc32)OCO4)cc(OC)c1OC. The highest BCUT2D eigenvalue weighted by Gasteiger charge is 2.43. The van der Waals surface area contributed by atoms with Gasteiger partial charge in [-0.3, -0.25) is 4.98 Å². The first-order valence-corrected chi connectivity index (χ1v) is 11.4. The number of hydrogen-bond donors (Lipinski definition) is 0. The van der Waals surface area contributed by atoms with Crippen molar-refractivity contribution in [3.63, 3.8) is 0 Å². The van der Waals surface area contributed by atoms with Crippen molar-refractivity contribution in [2.24, 2.45) is 0 Å². The third-order valence-corrected chi connectivity index (χ3v) is 6.68. The molecule has 3 aliphatic heterocycles. The molecule has 1 atom stereocenters. The highest BCUT2D eigenvalue weighted by atomic mass is 16.7. The number of fused-ring (bicyclic) bond motifs is 2. The van der Waals surface area contributed by atoms with Crippen LogP contribution in [0, 0.1) is 0 Å². The Hall–Kier alpha value is -4.40. The van der Waals surface area contributed by atoms with Gasteiger partial charge in [-0.05, 0) is 41.5 Å². The molecule has 9 nitrogen and oxygen atoms in total. The Morgan fingerprint density at radius 3 is 2.39 bits per heavy atom. The summed E-state index contributed by atoms with van der Waals surface area (Å²) in [6.45, 7) is 0.767. The second-order valence-electron chi connectivity index (χ2n) is 8.50. The number of nitrogens with zero attached hydrogens (tertiary/aromatic N) is 2. The van der Waals surface area contributed by atoms with E-state index in [1.54, 1.807) is 27.5 Å². The highest BCUT2D eigenvalue weighted by Crippen LogP contribution is 2.53. The first-order valence-electron chi connectivity index (χ1n) is 11.4. The summed E-state index contributed by atoms with van der Waals surface area (Å²) < 4.78 is 33.7. The normalized spacial score (nSPS) is 17.5. The summed E-state index contributed by atoms with van der Waals surface area (Å²) in [6.07, 6.45) is 1.75. The maximum absolute atomic E-state index is 13.2. The van der Waals surface area contributed by atoms with Crippen molar-refractivity contribution in [3.05, 3.63) is 76.8 Å². The fraction of sp³-hybridized carbons (Fsp3) is 0.259. The number of cyclic esters (lactones) is 1. The lowest BCUT2D eigenvalue weighted by Gasteiger charge is -2.36. The molecule has 0 spiro atoms. The number of ether oxygens (including phenoxy) is 6. The standard InChI is InChI=1S/C27H24N2O7/c1-31-22-8-15(9-23(32-2)26(22)33-3)24-17-10-20-21(36-14-35-20)11-18(17)29(12-16-6-4-5-7-28-16)19-13-34-27(30)25(19)24/h4-11,24H,12-14H2,1-3H3. The van der Waals surface area contributed by atoms with E-state index in [0.29, 0.717) is 40.9 Å². The Morgan fingerprint density at radius 1 is 0.972 bits per heavy atom. The van der Waals surface area contributed by atoms with Gasteiger partial charge in [-0.1, -0.05) is 6.07 Å². The van der Waals surface area contributed by atoms with Crippen LogP contribution in [0.5, 0.6) is 28.7 Å². The number of carbonyl (C=O) groups excluding carboxylic acids is 1. The molecule has 0 saturated carbocycles. The lowest BCUT2D eigenvalue weighted by Crippen LogP contribution is -2.31. The van der Waals surface area contributed by atoms with E-state index >= 15 is 0 Å². The monoisotopic (exact) mass is 488 g/mol. The van der Waals surface area contributed by atoms with E-state index in [1.165, 1.54) is 0 Å². The molecule has 2 aromatic carbocycles. The van der Waals surface area contributed by atoms with Crippen LogP contribution < -0.4 is 28.6 Å². The van der Waals surface area contributed by atoms with Gasteiger partial charge in [-0.15, -0.1) is 0 Å². The van der Waals surface area contributed by atoms with Crippen molar-refractivity contribution in [2.45, 2.75) is 12.5 Å². The number of anilines is 1. The number of carbonyl (C=O) groups is 1. The average Bonchev–Trinajstić information content (AvgIpc) is 3.53. The first kappa shape index (κ1) is 22.1. The maximum atomic E-state index is 13.2. The molecule has 3 aromatic rings. The Bertz CT molecular complexity index is 1360. The summed E-state index contributed by atoms with van der Waals surface area (Å²) in [5, 5.41) is 0. The van der Waals surface area contributed by atoms with E-state index in [0.717, 1.165) is 28.2 Å². The van der Waals surface area contributed by atoms with Crippen LogP contribution in [0.3, 0.4) is 0 Å². The molecule has 9 heteroatoms. The molecule has 0 amide bonds. The predicted octanol–water partition coefficient (Wildman–Crippen LogP) is 3.80. The molecule has 4 heterocycles. The topological polar surface area (TPSA) is 88.6 Å². The molecular formula is C27H24N2O7. The van der Waals surface area contributed by atoms with Crippen molar-refractivity contribution in [1.82, 2.24) is 4.98 Å². The molecule has 36 heavy (non-hydrogen) atoms. The number of benzene rings is 2. The second kappa shape index (κ2) is 8.67. The van der Waals surface area contributed by atoms with Crippen LogP contribution in [0.2, 0.25) is 0 Å². The molecule has 0 N–H and O–H groups in total. The summed E-state index contributed by atoms with van der Waals surface area (Å²) >= 11 is 0. The highest BCUT2D eigenvalue weighted by molar-refractivity contribution is 5.98. The Morgan fingerprint density at radius 2 is 1.72 bits per heavy atom. The van der Waals surface area contributed by atoms with Crippen molar-refractivity contribution in [1.29, 1.82) is 0 Å². The zero-order valence-electron chi connectivity index (χ0n) is 20.1. The van der Waals surface area contributed by atoms with Crippen LogP contribution in [0.25, 0.3) is 0 Å². The van der Waals surface area contributed by atoms with Gasteiger partial charge >= 0.3 is 5.97 Å². The van der Waals surface area contributed by atoms with Gasteiger partial charge in [0.1, 0.15) is 6.61 Å². The number of methoxy groups -OCH3 is 3. The van der Waals surface area contributed by atoms with Gasteiger partial charge < -0.3 is 33.3 Å². The molecule has 0 radical (unpaired) electrons. The summed E-state index contributed by atoms with van der Waals surface area (Å²) in [6, 6.07) is 13.4. The number of rotatable bonds is 6. The number of esters is 1. The minimum absolute atomic E-state index is 0.141. The summed E-state index contributed by atoms with van der Waals surface area (Å²) in [4.78, 5) is 19.8. The molecular weight excluding hydrogens is 464 g/mol. The molecule has 1 aromatic heterocycles. The zero-order valence-corrected chi connectivity index (χ0v) is 20.1. The quantitative estimate of drug-likeness (QED) is 0.481. The van der Waals surface area contributed by atoms with Crippen LogP contribution in [0.15, 0.2) is 59.9 Å². The fourth-order valence-corrected chi connectivity index (χ4v) is 5.08. The first-order chi connectivity index (χ1) is 17.6. The van der Waals surface area contributed by atoms with Gasteiger partial charge in [-0.2, -0.15) is 0 Å². The van der Waals surface area contributed by atoms with Gasteiger partial charge in [0.05, 0.1) is 44.8 Å². The predicted molar refractivity (Wildman–Crippen MR) is 129 cm³/mol. The molecule has 0 bridgehead atoms. The minimum atomic E-state index is -0.451. The van der Waals surface area contributed by atoms with Crippen LogP contribution in [0.1, 0.15) is 22.7 Å². The molecule has 6 rings (SSSR count). The van der Waals surface area contributed by atoms with Crippen molar-refractivity contribution in [2.75, 3.05) is 39.6 Å². The Kier molecular flexibility index (Phi) is 5.32. The summed E-state index contributed by atoms with van der Waals surface area (Å²) in [7, 11) is 4.69. The summed E-state index contributed by atoms with van der Waals surface area (Å²) in [5.41, 5.74) is 4.78. The van der Waals surface area contributed by atoms with E-state index in [1.807, 2.05) is 42.5 Å². The van der Waals surface area contributed by atoms with E-state index < -0.39 is 5.92 Å². The van der Waals surface area contributed by atoms with Gasteiger partial charge in [-0.25, -0.2) is 4.79 Å². The van der Waals surface area contributed by atoms with E-state index in [4.69, 9.17) is 28.4 Å². The summed E-state index contributed by atoms with van der Waals surface area (Å²) in [5.74, 6) is 1.94. The fourth-order valence-electron chi connectivity index (χ4n) is 5.08. The van der Waals surface area contributed by atoms with Crippen molar-refractivity contribution < 1.29 is 33.2 Å². The molecule has 0 fully saturated rings. The minimum Gasteiger partial charge on any atom is -0.493 e. The van der Waals surface area contributed by atoms with Gasteiger partial charge in [0.15, 0.2) is 23.0 Å². The largest absolute Gasteiger partial charge is 0.493 e. The Labute approximate surface area is 207 Å². The lowest BCUT2D eigenvalue weighted by atomic mass is 9.80. The maximum Gasteiger partial charge on any atom is 0.337 e. The number of pyridine rings is 1.